The number of aromatic hydroxyl groups is 1. The number of phenols is 1. The van der Waals surface area contributed by atoms with E-state index in [2.05, 4.69) is 5.32 Å². The lowest BCUT2D eigenvalue weighted by Gasteiger charge is -2.26. The highest BCUT2D eigenvalue weighted by molar-refractivity contribution is 6.39. The summed E-state index contributed by atoms with van der Waals surface area (Å²) >= 11 is 0. The Hall–Kier alpha value is -3.61. The molecule has 0 radical (unpaired) electrons. The number of carbonyl (C=O) groups excluding carboxylic acids is 3. The van der Waals surface area contributed by atoms with Gasteiger partial charge in [-0.1, -0.05) is 18.2 Å². The van der Waals surface area contributed by atoms with Crippen molar-refractivity contribution in [2.45, 2.75) is 6.92 Å². The third kappa shape index (κ3) is 3.27. The smallest absolute Gasteiger partial charge is 0.335 e. The molecule has 0 unspecified atom stereocenters. The molecule has 7 nitrogen and oxygen atoms in total. The molecule has 1 aliphatic heterocycles. The SMILES string of the molecule is CCOc1ccc(N2C(=O)NC(=O)/C(=C/c3ccccc3O)C2=O)cc1. The summed E-state index contributed by atoms with van der Waals surface area (Å²) in [5, 5.41) is 12.0. The van der Waals surface area contributed by atoms with Gasteiger partial charge in [-0.15, -0.1) is 0 Å². The van der Waals surface area contributed by atoms with Crippen molar-refractivity contribution in [3.8, 4) is 11.5 Å². The van der Waals surface area contributed by atoms with Crippen molar-refractivity contribution in [1.29, 1.82) is 0 Å². The quantitative estimate of drug-likeness (QED) is 0.651. The molecule has 0 aliphatic carbocycles. The second-order valence-electron chi connectivity index (χ2n) is 5.44. The Morgan fingerprint density at radius 1 is 1.08 bits per heavy atom. The summed E-state index contributed by atoms with van der Waals surface area (Å²) in [7, 11) is 0. The molecule has 132 valence electrons. The van der Waals surface area contributed by atoms with Gasteiger partial charge in [0, 0.05) is 5.56 Å². The van der Waals surface area contributed by atoms with Gasteiger partial charge in [-0.05, 0) is 43.3 Å². The van der Waals surface area contributed by atoms with Gasteiger partial charge in [0.2, 0.25) is 0 Å². The molecule has 26 heavy (non-hydrogen) atoms. The van der Waals surface area contributed by atoms with Gasteiger partial charge >= 0.3 is 6.03 Å². The van der Waals surface area contributed by atoms with E-state index >= 15 is 0 Å². The van der Waals surface area contributed by atoms with Gasteiger partial charge in [0.1, 0.15) is 17.1 Å². The van der Waals surface area contributed by atoms with E-state index in [9.17, 15) is 19.5 Å². The topological polar surface area (TPSA) is 95.9 Å². The average Bonchev–Trinajstić information content (AvgIpc) is 2.61. The third-order valence-electron chi connectivity index (χ3n) is 3.74. The molecule has 0 aromatic heterocycles. The molecule has 0 bridgehead atoms. The molecule has 0 saturated carbocycles. The number of carbonyl (C=O) groups is 3. The van der Waals surface area contributed by atoms with E-state index in [0.717, 1.165) is 4.90 Å². The van der Waals surface area contributed by atoms with Crippen molar-refractivity contribution in [3.05, 3.63) is 59.7 Å². The van der Waals surface area contributed by atoms with Crippen LogP contribution in [0.15, 0.2) is 54.1 Å². The van der Waals surface area contributed by atoms with Crippen LogP contribution in [0.25, 0.3) is 6.08 Å². The summed E-state index contributed by atoms with van der Waals surface area (Å²) < 4.78 is 5.33. The van der Waals surface area contributed by atoms with E-state index in [1.165, 1.54) is 12.1 Å². The fourth-order valence-corrected chi connectivity index (χ4v) is 2.52. The fraction of sp³-hybridized carbons (Fsp3) is 0.105. The van der Waals surface area contributed by atoms with Crippen LogP contribution in [0.4, 0.5) is 10.5 Å². The van der Waals surface area contributed by atoms with Gasteiger partial charge in [0.05, 0.1) is 12.3 Å². The van der Waals surface area contributed by atoms with Gasteiger partial charge in [-0.25, -0.2) is 9.69 Å². The molecule has 7 heteroatoms. The van der Waals surface area contributed by atoms with Crippen LogP contribution in [0.2, 0.25) is 0 Å². The Morgan fingerprint density at radius 2 is 1.77 bits per heavy atom. The van der Waals surface area contributed by atoms with Crippen molar-refractivity contribution >= 4 is 29.6 Å². The van der Waals surface area contributed by atoms with E-state index in [0.29, 0.717) is 23.6 Å². The Kier molecular flexibility index (Phi) is 4.70. The van der Waals surface area contributed by atoms with E-state index < -0.39 is 17.8 Å². The maximum atomic E-state index is 12.7. The van der Waals surface area contributed by atoms with Gasteiger partial charge < -0.3 is 9.84 Å². The molecule has 3 rings (SSSR count). The number of urea groups is 1. The van der Waals surface area contributed by atoms with E-state index in [4.69, 9.17) is 4.74 Å². The molecule has 2 N–H and O–H groups in total. The van der Waals surface area contributed by atoms with Crippen molar-refractivity contribution < 1.29 is 24.2 Å². The maximum absolute atomic E-state index is 12.7. The summed E-state index contributed by atoms with van der Waals surface area (Å²) in [6, 6.07) is 11.8. The Morgan fingerprint density at radius 3 is 2.42 bits per heavy atom. The first-order valence-electron chi connectivity index (χ1n) is 7.93. The number of ether oxygens (including phenoxy) is 1. The summed E-state index contributed by atoms with van der Waals surface area (Å²) in [5.74, 6) is -1.07. The molecule has 1 aliphatic rings. The first kappa shape index (κ1) is 17.2. The van der Waals surface area contributed by atoms with Crippen molar-refractivity contribution in [2.75, 3.05) is 11.5 Å². The molecular formula is C19H16N2O5. The third-order valence-corrected chi connectivity index (χ3v) is 3.74. The lowest BCUT2D eigenvalue weighted by Crippen LogP contribution is -2.54. The van der Waals surface area contributed by atoms with E-state index in [-0.39, 0.29) is 11.3 Å². The normalized spacial score (nSPS) is 16.0. The molecule has 2 aromatic rings. The minimum atomic E-state index is -0.835. The monoisotopic (exact) mass is 352 g/mol. The van der Waals surface area contributed by atoms with Crippen molar-refractivity contribution in [2.24, 2.45) is 0 Å². The fourth-order valence-electron chi connectivity index (χ4n) is 2.52. The highest BCUT2D eigenvalue weighted by Gasteiger charge is 2.36. The van der Waals surface area contributed by atoms with Gasteiger partial charge in [0.15, 0.2) is 0 Å². The first-order valence-corrected chi connectivity index (χ1v) is 7.93. The molecule has 1 saturated heterocycles. The van der Waals surface area contributed by atoms with Crippen LogP contribution in [0.1, 0.15) is 12.5 Å². The number of anilines is 1. The molecule has 2 aromatic carbocycles. The molecule has 1 fully saturated rings. The minimum Gasteiger partial charge on any atom is -0.507 e. The van der Waals surface area contributed by atoms with Crippen LogP contribution in [-0.4, -0.2) is 29.6 Å². The summed E-state index contributed by atoms with van der Waals surface area (Å²) in [5.41, 5.74) is 0.346. The first-order chi connectivity index (χ1) is 12.5. The number of benzene rings is 2. The molecule has 1 heterocycles. The number of para-hydroxylation sites is 1. The standard InChI is InChI=1S/C19H16N2O5/c1-2-26-14-9-7-13(8-10-14)21-18(24)15(17(23)20-19(21)25)11-12-5-3-4-6-16(12)22/h3-11,22H,2H2,1H3,(H,20,23,25)/b15-11-. The number of amides is 4. The van der Waals surface area contributed by atoms with E-state index in [1.54, 1.807) is 42.5 Å². The number of imide groups is 2. The zero-order valence-electron chi connectivity index (χ0n) is 13.9. The van der Waals surface area contributed by atoms with Crippen LogP contribution in [0.3, 0.4) is 0 Å². The van der Waals surface area contributed by atoms with E-state index in [1.807, 2.05) is 6.92 Å². The summed E-state index contributed by atoms with van der Waals surface area (Å²) in [6.45, 7) is 2.33. The van der Waals surface area contributed by atoms with Gasteiger partial charge in [-0.3, -0.25) is 14.9 Å². The molecule has 0 atom stereocenters. The van der Waals surface area contributed by atoms with Gasteiger partial charge in [-0.2, -0.15) is 0 Å². The number of barbiturate groups is 1. The molecule has 0 spiro atoms. The zero-order chi connectivity index (χ0) is 18.7. The maximum Gasteiger partial charge on any atom is 0.335 e. The van der Waals surface area contributed by atoms with Crippen molar-refractivity contribution in [1.82, 2.24) is 5.32 Å². The molecular weight excluding hydrogens is 336 g/mol. The Bertz CT molecular complexity index is 902. The molecule has 4 amide bonds. The second kappa shape index (κ2) is 7.10. The number of rotatable bonds is 4. The largest absolute Gasteiger partial charge is 0.507 e. The number of hydrogen-bond donors (Lipinski definition) is 2. The predicted octanol–water partition coefficient (Wildman–Crippen LogP) is 2.46. The summed E-state index contributed by atoms with van der Waals surface area (Å²) in [6.07, 6.45) is 1.25. The highest BCUT2D eigenvalue weighted by atomic mass is 16.5. The number of hydrogen-bond acceptors (Lipinski definition) is 5. The van der Waals surface area contributed by atoms with Crippen LogP contribution in [-0.2, 0) is 9.59 Å². The van der Waals surface area contributed by atoms with Crippen LogP contribution in [0.5, 0.6) is 11.5 Å². The van der Waals surface area contributed by atoms with Crippen molar-refractivity contribution in [3.63, 3.8) is 0 Å². The van der Waals surface area contributed by atoms with Crippen LogP contribution >= 0.6 is 0 Å². The minimum absolute atomic E-state index is 0.0786. The van der Waals surface area contributed by atoms with Crippen LogP contribution in [0, 0.1) is 0 Å². The zero-order valence-corrected chi connectivity index (χ0v) is 13.9. The Balaban J connectivity index is 1.97. The Labute approximate surface area is 149 Å². The number of nitrogens with zero attached hydrogens (tertiary/aromatic N) is 1. The average molecular weight is 352 g/mol. The lowest BCUT2D eigenvalue weighted by atomic mass is 10.1. The van der Waals surface area contributed by atoms with Gasteiger partial charge in [0.25, 0.3) is 11.8 Å². The summed E-state index contributed by atoms with van der Waals surface area (Å²) in [4.78, 5) is 37.9. The highest BCUT2D eigenvalue weighted by Crippen LogP contribution is 2.26. The second-order valence-corrected chi connectivity index (χ2v) is 5.44. The van der Waals surface area contributed by atoms with Crippen LogP contribution < -0.4 is 15.0 Å². The lowest BCUT2D eigenvalue weighted by molar-refractivity contribution is -0.122. The number of nitrogens with one attached hydrogen (secondary N) is 1. The number of phenolic OH excluding ortho intramolecular Hbond substituents is 1. The predicted molar refractivity (Wildman–Crippen MR) is 94.7 cm³/mol.